The van der Waals surface area contributed by atoms with E-state index in [1.807, 2.05) is 30.5 Å². The molecule has 1 aliphatic rings. The van der Waals surface area contributed by atoms with Gasteiger partial charge in [-0.2, -0.15) is 4.98 Å². The number of rotatable bonds is 2. The first-order valence-corrected chi connectivity index (χ1v) is 7.17. The zero-order valence-corrected chi connectivity index (χ0v) is 12.1. The summed E-state index contributed by atoms with van der Waals surface area (Å²) < 4.78 is 1.02. The van der Waals surface area contributed by atoms with Gasteiger partial charge < -0.3 is 10.6 Å². The molecule has 0 aliphatic carbocycles. The molecular weight excluding hydrogens is 304 g/mol. The fraction of sp³-hybridized carbons (Fsp3) is 0.286. The minimum atomic E-state index is 0.537. The predicted molar refractivity (Wildman–Crippen MR) is 81.0 cm³/mol. The van der Waals surface area contributed by atoms with Crippen LogP contribution in [0.1, 0.15) is 12.8 Å². The average Bonchev–Trinajstić information content (AvgIpc) is 2.92. The highest BCUT2D eigenvalue weighted by Gasteiger charge is 2.16. The van der Waals surface area contributed by atoms with Gasteiger partial charge in [0.25, 0.3) is 0 Å². The summed E-state index contributed by atoms with van der Waals surface area (Å²) in [6, 6.07) is 7.99. The van der Waals surface area contributed by atoms with Crippen molar-refractivity contribution >= 4 is 27.7 Å². The van der Waals surface area contributed by atoms with E-state index in [1.54, 1.807) is 0 Å². The van der Waals surface area contributed by atoms with E-state index in [0.29, 0.717) is 5.82 Å². The molecule has 0 unspecified atom stereocenters. The minimum Gasteiger partial charge on any atom is -0.383 e. The SMILES string of the molecule is Nc1nc(N2CCCC2)ncc1-c1cccc(Br)c1. The Bertz CT molecular complexity index is 594. The average molecular weight is 319 g/mol. The van der Waals surface area contributed by atoms with Gasteiger partial charge in [0, 0.05) is 29.3 Å². The number of aromatic nitrogens is 2. The Hall–Kier alpha value is -1.62. The highest BCUT2D eigenvalue weighted by Crippen LogP contribution is 2.28. The van der Waals surface area contributed by atoms with Gasteiger partial charge in [0.2, 0.25) is 5.95 Å². The van der Waals surface area contributed by atoms with Crippen LogP contribution in [0.15, 0.2) is 34.9 Å². The predicted octanol–water partition coefficient (Wildman–Crippen LogP) is 3.09. The highest BCUT2D eigenvalue weighted by atomic mass is 79.9. The van der Waals surface area contributed by atoms with Crippen LogP contribution in [0, 0.1) is 0 Å². The molecule has 1 aromatic heterocycles. The smallest absolute Gasteiger partial charge is 0.227 e. The minimum absolute atomic E-state index is 0.537. The standard InChI is InChI=1S/C14H15BrN4/c15-11-5-3-4-10(8-11)12-9-17-14(18-13(12)16)19-6-1-2-7-19/h3-5,8-9H,1-2,6-7H2,(H2,16,17,18). The molecular formula is C14H15BrN4. The van der Waals surface area contributed by atoms with Crippen molar-refractivity contribution in [3.05, 3.63) is 34.9 Å². The quantitative estimate of drug-likeness (QED) is 0.924. The molecule has 0 bridgehead atoms. The lowest BCUT2D eigenvalue weighted by atomic mass is 10.1. The van der Waals surface area contributed by atoms with Crippen molar-refractivity contribution < 1.29 is 0 Å². The summed E-state index contributed by atoms with van der Waals surface area (Å²) in [6.07, 6.45) is 4.23. The molecule has 0 atom stereocenters. The number of hydrogen-bond donors (Lipinski definition) is 1. The molecule has 0 saturated carbocycles. The van der Waals surface area contributed by atoms with Crippen molar-refractivity contribution in [1.29, 1.82) is 0 Å². The van der Waals surface area contributed by atoms with Crippen molar-refractivity contribution in [3.8, 4) is 11.1 Å². The molecule has 0 spiro atoms. The monoisotopic (exact) mass is 318 g/mol. The third-order valence-electron chi connectivity index (χ3n) is 3.33. The van der Waals surface area contributed by atoms with E-state index in [-0.39, 0.29) is 0 Å². The van der Waals surface area contributed by atoms with Gasteiger partial charge in [0.05, 0.1) is 0 Å². The van der Waals surface area contributed by atoms with Crippen molar-refractivity contribution in [1.82, 2.24) is 9.97 Å². The first-order chi connectivity index (χ1) is 9.24. The maximum atomic E-state index is 6.08. The van der Waals surface area contributed by atoms with Crippen molar-refractivity contribution in [3.63, 3.8) is 0 Å². The van der Waals surface area contributed by atoms with Gasteiger partial charge in [0.1, 0.15) is 5.82 Å². The number of nitrogen functional groups attached to an aromatic ring is 1. The Morgan fingerprint density at radius 2 is 2.00 bits per heavy atom. The maximum Gasteiger partial charge on any atom is 0.227 e. The molecule has 4 nitrogen and oxygen atoms in total. The Morgan fingerprint density at radius 3 is 2.68 bits per heavy atom. The number of nitrogens with two attached hydrogens (primary N) is 1. The second kappa shape index (κ2) is 5.17. The summed E-state index contributed by atoms with van der Waals surface area (Å²) in [5.41, 5.74) is 7.98. The van der Waals surface area contributed by atoms with Gasteiger partial charge >= 0.3 is 0 Å². The normalized spacial score (nSPS) is 14.9. The third-order valence-corrected chi connectivity index (χ3v) is 3.82. The lowest BCUT2D eigenvalue weighted by molar-refractivity contribution is 0.901. The largest absolute Gasteiger partial charge is 0.383 e. The Labute approximate surface area is 120 Å². The molecule has 1 aliphatic heterocycles. The number of hydrogen-bond acceptors (Lipinski definition) is 4. The van der Waals surface area contributed by atoms with Gasteiger partial charge in [-0.25, -0.2) is 4.98 Å². The first kappa shape index (κ1) is 12.4. The number of anilines is 2. The number of benzene rings is 1. The molecule has 1 saturated heterocycles. The molecule has 3 rings (SSSR count). The molecule has 2 N–H and O–H groups in total. The molecule has 98 valence electrons. The highest BCUT2D eigenvalue weighted by molar-refractivity contribution is 9.10. The molecule has 2 aromatic rings. The summed E-state index contributed by atoms with van der Waals surface area (Å²) in [4.78, 5) is 11.1. The van der Waals surface area contributed by atoms with Crippen LogP contribution in [-0.2, 0) is 0 Å². The lowest BCUT2D eigenvalue weighted by Crippen LogP contribution is -2.20. The third kappa shape index (κ3) is 2.56. The summed E-state index contributed by atoms with van der Waals surface area (Å²) in [6.45, 7) is 2.05. The second-order valence-electron chi connectivity index (χ2n) is 4.67. The van der Waals surface area contributed by atoms with E-state index >= 15 is 0 Å². The Balaban J connectivity index is 1.95. The molecule has 19 heavy (non-hydrogen) atoms. The van der Waals surface area contributed by atoms with Gasteiger partial charge in [-0.1, -0.05) is 28.1 Å². The molecule has 0 radical (unpaired) electrons. The van der Waals surface area contributed by atoms with Gasteiger partial charge in [0.15, 0.2) is 0 Å². The van der Waals surface area contributed by atoms with Crippen LogP contribution in [0.25, 0.3) is 11.1 Å². The second-order valence-corrected chi connectivity index (χ2v) is 5.59. The molecule has 1 aromatic carbocycles. The first-order valence-electron chi connectivity index (χ1n) is 6.37. The topological polar surface area (TPSA) is 55.0 Å². The van der Waals surface area contributed by atoms with Crippen LogP contribution in [0.5, 0.6) is 0 Å². The summed E-state index contributed by atoms with van der Waals surface area (Å²) in [5.74, 6) is 1.28. The van der Waals surface area contributed by atoms with Gasteiger partial charge in [-0.3, -0.25) is 0 Å². The van der Waals surface area contributed by atoms with E-state index < -0.39 is 0 Å². The molecule has 2 heterocycles. The van der Waals surface area contributed by atoms with E-state index in [4.69, 9.17) is 5.73 Å². The molecule has 5 heteroatoms. The summed E-state index contributed by atoms with van der Waals surface area (Å²) in [5, 5.41) is 0. The lowest BCUT2D eigenvalue weighted by Gasteiger charge is -2.16. The maximum absolute atomic E-state index is 6.08. The zero-order valence-electron chi connectivity index (χ0n) is 10.5. The summed E-state index contributed by atoms with van der Waals surface area (Å²) in [7, 11) is 0. The van der Waals surface area contributed by atoms with E-state index in [0.717, 1.165) is 34.6 Å². The zero-order chi connectivity index (χ0) is 13.2. The van der Waals surface area contributed by atoms with Crippen LogP contribution in [0.3, 0.4) is 0 Å². The molecule has 0 amide bonds. The van der Waals surface area contributed by atoms with E-state index in [2.05, 4.69) is 30.8 Å². The van der Waals surface area contributed by atoms with Crippen molar-refractivity contribution in [2.45, 2.75) is 12.8 Å². The van der Waals surface area contributed by atoms with E-state index in [1.165, 1.54) is 12.8 Å². The molecule has 1 fully saturated rings. The van der Waals surface area contributed by atoms with Crippen LogP contribution in [0.4, 0.5) is 11.8 Å². The fourth-order valence-electron chi connectivity index (χ4n) is 2.33. The number of halogens is 1. The van der Waals surface area contributed by atoms with Gasteiger partial charge in [-0.15, -0.1) is 0 Å². The van der Waals surface area contributed by atoms with Crippen molar-refractivity contribution in [2.75, 3.05) is 23.7 Å². The fourth-order valence-corrected chi connectivity index (χ4v) is 2.73. The van der Waals surface area contributed by atoms with Crippen LogP contribution >= 0.6 is 15.9 Å². The summed E-state index contributed by atoms with van der Waals surface area (Å²) >= 11 is 3.46. The van der Waals surface area contributed by atoms with Crippen LogP contribution < -0.4 is 10.6 Å². The van der Waals surface area contributed by atoms with E-state index in [9.17, 15) is 0 Å². The Morgan fingerprint density at radius 1 is 1.21 bits per heavy atom. The van der Waals surface area contributed by atoms with Crippen molar-refractivity contribution in [2.24, 2.45) is 0 Å². The Kier molecular flexibility index (Phi) is 3.38. The van der Waals surface area contributed by atoms with Crippen LogP contribution in [-0.4, -0.2) is 23.1 Å². The number of nitrogens with zero attached hydrogens (tertiary/aromatic N) is 3. The van der Waals surface area contributed by atoms with Crippen LogP contribution in [0.2, 0.25) is 0 Å². The van der Waals surface area contributed by atoms with Gasteiger partial charge in [-0.05, 0) is 30.5 Å².